The van der Waals surface area contributed by atoms with Crippen molar-refractivity contribution in [2.24, 2.45) is 5.73 Å². The van der Waals surface area contributed by atoms with Crippen LogP contribution in [0.3, 0.4) is 0 Å². The topological polar surface area (TPSA) is 46.6 Å². The average molecular weight is 218 g/mol. The Kier molecular flexibility index (Phi) is 3.22. The summed E-state index contributed by atoms with van der Waals surface area (Å²) in [6, 6.07) is 4.07. The van der Waals surface area contributed by atoms with Gasteiger partial charge in [-0.3, -0.25) is 0 Å². The fourth-order valence-electron chi connectivity index (χ4n) is 1.81. The Morgan fingerprint density at radius 1 is 1.44 bits per heavy atom. The lowest BCUT2D eigenvalue weighted by Gasteiger charge is -2.08. The Bertz CT molecular complexity index is 473. The zero-order chi connectivity index (χ0) is 11.5. The molecule has 0 saturated carbocycles. The number of imidazole rings is 1. The highest BCUT2D eigenvalue weighted by molar-refractivity contribution is 5.54. The van der Waals surface area contributed by atoms with E-state index in [2.05, 4.69) is 28.4 Å². The maximum atomic E-state index is 5.70. The van der Waals surface area contributed by atoms with Crippen LogP contribution < -0.4 is 5.73 Å². The van der Waals surface area contributed by atoms with Crippen molar-refractivity contribution in [3.8, 4) is 0 Å². The van der Waals surface area contributed by atoms with E-state index in [0.29, 0.717) is 6.54 Å². The Morgan fingerprint density at radius 2 is 2.25 bits per heavy atom. The number of nitrogens with two attached hydrogens (primary N) is 1. The summed E-state index contributed by atoms with van der Waals surface area (Å²) in [5.41, 5.74) is 7.97. The molecule has 0 aliphatic rings. The van der Waals surface area contributed by atoms with Crippen molar-refractivity contribution >= 4 is 5.52 Å². The monoisotopic (exact) mass is 218 g/mol. The summed E-state index contributed by atoms with van der Waals surface area (Å²) in [5.74, 6) is 1.10. The highest BCUT2D eigenvalue weighted by atomic mass is 15.1. The van der Waals surface area contributed by atoms with Crippen LogP contribution in [0.4, 0.5) is 0 Å². The van der Waals surface area contributed by atoms with E-state index in [4.69, 9.17) is 5.73 Å². The third-order valence-corrected chi connectivity index (χ3v) is 2.74. The van der Waals surface area contributed by atoms with Crippen LogP contribution in [0.1, 0.15) is 11.4 Å². The standard InChI is InChI=1S/C12H18N4/c1-15(2)7-5-12-14-9-11-10(8-13)4-3-6-16(11)12/h3-4,6,9H,5,7-8,13H2,1-2H3. The first-order valence-corrected chi connectivity index (χ1v) is 5.51. The van der Waals surface area contributed by atoms with Gasteiger partial charge >= 0.3 is 0 Å². The van der Waals surface area contributed by atoms with Crippen molar-refractivity contribution in [2.75, 3.05) is 20.6 Å². The van der Waals surface area contributed by atoms with E-state index in [1.165, 1.54) is 0 Å². The summed E-state index contributed by atoms with van der Waals surface area (Å²) < 4.78 is 2.13. The molecule has 2 aromatic rings. The predicted octanol–water partition coefficient (Wildman–Crippen LogP) is 0.897. The Labute approximate surface area is 95.7 Å². The van der Waals surface area contributed by atoms with Crippen molar-refractivity contribution in [3.05, 3.63) is 35.9 Å². The first kappa shape index (κ1) is 11.1. The third kappa shape index (κ3) is 2.08. The fourth-order valence-corrected chi connectivity index (χ4v) is 1.81. The molecular weight excluding hydrogens is 200 g/mol. The number of hydrogen-bond donors (Lipinski definition) is 1. The highest BCUT2D eigenvalue weighted by Gasteiger charge is 2.06. The number of rotatable bonds is 4. The van der Waals surface area contributed by atoms with Gasteiger partial charge in [0.25, 0.3) is 0 Å². The highest BCUT2D eigenvalue weighted by Crippen LogP contribution is 2.12. The van der Waals surface area contributed by atoms with E-state index in [9.17, 15) is 0 Å². The third-order valence-electron chi connectivity index (χ3n) is 2.74. The van der Waals surface area contributed by atoms with Crippen LogP contribution in [0.15, 0.2) is 24.5 Å². The van der Waals surface area contributed by atoms with Gasteiger partial charge in [0.2, 0.25) is 0 Å². The lowest BCUT2D eigenvalue weighted by molar-refractivity contribution is 0.409. The van der Waals surface area contributed by atoms with E-state index in [0.717, 1.165) is 29.9 Å². The molecule has 0 fully saturated rings. The van der Waals surface area contributed by atoms with Gasteiger partial charge in [-0.1, -0.05) is 6.07 Å². The molecule has 0 bridgehead atoms. The second-order valence-electron chi connectivity index (χ2n) is 4.22. The van der Waals surface area contributed by atoms with Crippen LogP contribution in [0, 0.1) is 0 Å². The van der Waals surface area contributed by atoms with Gasteiger partial charge in [-0.2, -0.15) is 0 Å². The van der Waals surface area contributed by atoms with Crippen LogP contribution in [0.5, 0.6) is 0 Å². The van der Waals surface area contributed by atoms with Gasteiger partial charge < -0.3 is 15.0 Å². The summed E-state index contributed by atoms with van der Waals surface area (Å²) in [5, 5.41) is 0. The summed E-state index contributed by atoms with van der Waals surface area (Å²) in [6.07, 6.45) is 4.91. The Hall–Kier alpha value is -1.39. The molecule has 0 aromatic carbocycles. The quantitative estimate of drug-likeness (QED) is 0.829. The molecule has 2 rings (SSSR count). The molecular formula is C12H18N4. The van der Waals surface area contributed by atoms with Crippen LogP contribution >= 0.6 is 0 Å². The van der Waals surface area contributed by atoms with E-state index < -0.39 is 0 Å². The Morgan fingerprint density at radius 3 is 2.94 bits per heavy atom. The number of aromatic nitrogens is 2. The van der Waals surface area contributed by atoms with Crippen LogP contribution in [-0.2, 0) is 13.0 Å². The molecule has 86 valence electrons. The lowest BCUT2D eigenvalue weighted by Crippen LogP contribution is -2.16. The predicted molar refractivity (Wildman–Crippen MR) is 65.3 cm³/mol. The van der Waals surface area contributed by atoms with Gasteiger partial charge in [-0.15, -0.1) is 0 Å². The minimum absolute atomic E-state index is 0.559. The van der Waals surface area contributed by atoms with Gasteiger partial charge in [0.1, 0.15) is 5.82 Å². The molecule has 0 aliphatic heterocycles. The Balaban J connectivity index is 2.34. The van der Waals surface area contributed by atoms with E-state index in [1.54, 1.807) is 0 Å². The van der Waals surface area contributed by atoms with E-state index in [1.807, 2.05) is 24.5 Å². The van der Waals surface area contributed by atoms with Gasteiger partial charge in [0.05, 0.1) is 11.7 Å². The second-order valence-corrected chi connectivity index (χ2v) is 4.22. The molecule has 0 atom stereocenters. The minimum Gasteiger partial charge on any atom is -0.326 e. The maximum Gasteiger partial charge on any atom is 0.114 e. The number of nitrogens with zero attached hydrogens (tertiary/aromatic N) is 3. The smallest absolute Gasteiger partial charge is 0.114 e. The molecule has 0 unspecified atom stereocenters. The van der Waals surface area contributed by atoms with Crippen LogP contribution in [0.25, 0.3) is 5.52 Å². The zero-order valence-corrected chi connectivity index (χ0v) is 9.85. The van der Waals surface area contributed by atoms with Gasteiger partial charge in [-0.25, -0.2) is 4.98 Å². The molecule has 0 saturated heterocycles. The van der Waals surface area contributed by atoms with Crippen molar-refractivity contribution < 1.29 is 0 Å². The fraction of sp³-hybridized carbons (Fsp3) is 0.417. The minimum atomic E-state index is 0.559. The van der Waals surface area contributed by atoms with Crippen LogP contribution in [-0.4, -0.2) is 34.9 Å². The lowest BCUT2D eigenvalue weighted by atomic mass is 10.2. The van der Waals surface area contributed by atoms with Gasteiger partial charge in [-0.05, 0) is 25.7 Å². The molecule has 0 radical (unpaired) electrons. The first-order chi connectivity index (χ1) is 7.72. The van der Waals surface area contributed by atoms with Crippen molar-refractivity contribution in [3.63, 3.8) is 0 Å². The number of fused-ring (bicyclic) bond motifs is 1. The zero-order valence-electron chi connectivity index (χ0n) is 9.85. The van der Waals surface area contributed by atoms with Crippen molar-refractivity contribution in [2.45, 2.75) is 13.0 Å². The van der Waals surface area contributed by atoms with Crippen LogP contribution in [0.2, 0.25) is 0 Å². The molecule has 2 heterocycles. The molecule has 0 aliphatic carbocycles. The molecule has 0 amide bonds. The van der Waals surface area contributed by atoms with Gasteiger partial charge in [0.15, 0.2) is 0 Å². The molecule has 2 aromatic heterocycles. The largest absolute Gasteiger partial charge is 0.326 e. The van der Waals surface area contributed by atoms with E-state index >= 15 is 0 Å². The average Bonchev–Trinajstić information content (AvgIpc) is 2.69. The summed E-state index contributed by atoms with van der Waals surface area (Å²) in [7, 11) is 4.14. The summed E-state index contributed by atoms with van der Waals surface area (Å²) >= 11 is 0. The molecule has 16 heavy (non-hydrogen) atoms. The summed E-state index contributed by atoms with van der Waals surface area (Å²) in [6.45, 7) is 1.56. The van der Waals surface area contributed by atoms with Crippen molar-refractivity contribution in [1.82, 2.24) is 14.3 Å². The normalized spacial score (nSPS) is 11.5. The molecule has 0 spiro atoms. The SMILES string of the molecule is CN(C)CCc1ncc2c(CN)cccn12. The van der Waals surface area contributed by atoms with E-state index in [-0.39, 0.29) is 0 Å². The first-order valence-electron chi connectivity index (χ1n) is 5.51. The van der Waals surface area contributed by atoms with Gasteiger partial charge in [0, 0.05) is 25.7 Å². The molecule has 4 nitrogen and oxygen atoms in total. The number of hydrogen-bond acceptors (Lipinski definition) is 3. The summed E-state index contributed by atoms with van der Waals surface area (Å²) in [4.78, 5) is 6.62. The molecule has 4 heteroatoms. The molecule has 2 N–H and O–H groups in total. The number of likely N-dealkylation sites (N-methyl/N-ethyl adjacent to an activating group) is 1. The maximum absolute atomic E-state index is 5.70. The van der Waals surface area contributed by atoms with Crippen molar-refractivity contribution in [1.29, 1.82) is 0 Å². The second kappa shape index (κ2) is 4.63. The number of pyridine rings is 1.